The molecule has 0 amide bonds. The van der Waals surface area contributed by atoms with Crippen LogP contribution in [0.1, 0.15) is 17.4 Å². The van der Waals surface area contributed by atoms with E-state index in [1.165, 1.54) is 12.3 Å². The highest BCUT2D eigenvalue weighted by Gasteiger charge is 2.22. The van der Waals surface area contributed by atoms with Gasteiger partial charge in [-0.15, -0.1) is 0 Å². The Morgan fingerprint density at radius 1 is 1.19 bits per heavy atom. The molecule has 1 unspecified atom stereocenters. The van der Waals surface area contributed by atoms with E-state index in [2.05, 4.69) is 15.9 Å². The summed E-state index contributed by atoms with van der Waals surface area (Å²) in [5.41, 5.74) is 5.56. The number of benzene rings is 1. The summed E-state index contributed by atoms with van der Waals surface area (Å²) in [4.78, 5) is 0. The number of furan rings is 1. The SMILES string of the molecule is NC(c1occc1Br)c1c(F)cccc1F. The molecule has 0 aliphatic rings. The van der Waals surface area contributed by atoms with E-state index in [1.807, 2.05) is 0 Å². The predicted octanol–water partition coefficient (Wildman–Crippen LogP) is 3.37. The highest BCUT2D eigenvalue weighted by Crippen LogP contribution is 2.30. The van der Waals surface area contributed by atoms with Crippen molar-refractivity contribution in [1.29, 1.82) is 0 Å². The first-order valence-corrected chi connectivity index (χ1v) is 5.33. The third kappa shape index (κ3) is 1.88. The van der Waals surface area contributed by atoms with Crippen molar-refractivity contribution in [2.45, 2.75) is 6.04 Å². The van der Waals surface area contributed by atoms with Gasteiger partial charge in [-0.1, -0.05) is 6.07 Å². The standard InChI is InChI=1S/C11H8BrF2NO/c12-6-4-5-16-11(6)10(15)9-7(13)2-1-3-8(9)14/h1-5,10H,15H2. The van der Waals surface area contributed by atoms with E-state index in [0.717, 1.165) is 12.1 Å². The Morgan fingerprint density at radius 2 is 1.81 bits per heavy atom. The highest BCUT2D eigenvalue weighted by molar-refractivity contribution is 9.10. The molecule has 0 saturated heterocycles. The maximum atomic E-state index is 13.4. The van der Waals surface area contributed by atoms with Gasteiger partial charge in [-0.25, -0.2) is 8.78 Å². The highest BCUT2D eigenvalue weighted by atomic mass is 79.9. The van der Waals surface area contributed by atoms with Gasteiger partial charge in [-0.05, 0) is 34.1 Å². The van der Waals surface area contributed by atoms with Crippen LogP contribution in [0.2, 0.25) is 0 Å². The second-order valence-electron chi connectivity index (χ2n) is 3.25. The molecule has 0 radical (unpaired) electrons. The minimum Gasteiger partial charge on any atom is -0.466 e. The van der Waals surface area contributed by atoms with Crippen LogP contribution >= 0.6 is 15.9 Å². The third-order valence-electron chi connectivity index (χ3n) is 2.24. The van der Waals surface area contributed by atoms with Gasteiger partial charge in [-0.2, -0.15) is 0 Å². The van der Waals surface area contributed by atoms with Crippen molar-refractivity contribution in [2.75, 3.05) is 0 Å². The summed E-state index contributed by atoms with van der Waals surface area (Å²) >= 11 is 3.19. The number of hydrogen-bond donors (Lipinski definition) is 1. The number of nitrogens with two attached hydrogens (primary N) is 1. The molecule has 2 aromatic rings. The van der Waals surface area contributed by atoms with E-state index in [0.29, 0.717) is 10.2 Å². The normalized spacial score (nSPS) is 12.8. The lowest BCUT2D eigenvalue weighted by atomic mass is 10.0. The minimum atomic E-state index is -0.967. The molecule has 0 aliphatic heterocycles. The van der Waals surface area contributed by atoms with Crippen LogP contribution in [0.25, 0.3) is 0 Å². The van der Waals surface area contributed by atoms with Crippen LogP contribution in [-0.4, -0.2) is 0 Å². The molecule has 0 spiro atoms. The maximum absolute atomic E-state index is 13.4. The molecule has 1 aromatic heterocycles. The zero-order valence-electron chi connectivity index (χ0n) is 8.08. The molecular weight excluding hydrogens is 280 g/mol. The Morgan fingerprint density at radius 3 is 2.31 bits per heavy atom. The van der Waals surface area contributed by atoms with Crippen LogP contribution in [0, 0.1) is 11.6 Å². The smallest absolute Gasteiger partial charge is 0.139 e. The van der Waals surface area contributed by atoms with Crippen molar-refractivity contribution in [3.05, 3.63) is 58.0 Å². The predicted molar refractivity (Wildman–Crippen MR) is 58.8 cm³/mol. The first-order valence-electron chi connectivity index (χ1n) is 4.53. The van der Waals surface area contributed by atoms with Crippen LogP contribution in [0.4, 0.5) is 8.78 Å². The summed E-state index contributed by atoms with van der Waals surface area (Å²) in [6, 6.07) is 4.27. The summed E-state index contributed by atoms with van der Waals surface area (Å²) in [6.45, 7) is 0. The molecule has 2 nitrogen and oxygen atoms in total. The summed E-state index contributed by atoms with van der Waals surface area (Å²) in [7, 11) is 0. The van der Waals surface area contributed by atoms with Gasteiger partial charge in [0.05, 0.1) is 16.8 Å². The molecule has 5 heteroatoms. The van der Waals surface area contributed by atoms with E-state index in [-0.39, 0.29) is 5.56 Å². The zero-order valence-corrected chi connectivity index (χ0v) is 9.67. The van der Waals surface area contributed by atoms with Gasteiger partial charge in [0.2, 0.25) is 0 Å². The third-order valence-corrected chi connectivity index (χ3v) is 2.89. The molecule has 1 atom stereocenters. The van der Waals surface area contributed by atoms with Crippen molar-refractivity contribution in [3.8, 4) is 0 Å². The molecule has 0 saturated carbocycles. The first-order chi connectivity index (χ1) is 7.61. The summed E-state index contributed by atoms with van der Waals surface area (Å²) in [5.74, 6) is -1.07. The van der Waals surface area contributed by atoms with Crippen molar-refractivity contribution in [3.63, 3.8) is 0 Å². The van der Waals surface area contributed by atoms with Crippen molar-refractivity contribution >= 4 is 15.9 Å². The summed E-state index contributed by atoms with van der Waals surface area (Å²) < 4.78 is 32.6. The largest absolute Gasteiger partial charge is 0.466 e. The van der Waals surface area contributed by atoms with Crippen LogP contribution in [0.3, 0.4) is 0 Å². The quantitative estimate of drug-likeness (QED) is 0.920. The molecule has 2 N–H and O–H groups in total. The molecule has 1 heterocycles. The summed E-state index contributed by atoms with van der Waals surface area (Å²) in [5, 5.41) is 0. The first kappa shape index (κ1) is 11.3. The molecule has 0 fully saturated rings. The number of hydrogen-bond acceptors (Lipinski definition) is 2. The van der Waals surface area contributed by atoms with Crippen molar-refractivity contribution < 1.29 is 13.2 Å². The Kier molecular flexibility index (Phi) is 3.07. The van der Waals surface area contributed by atoms with Crippen LogP contribution in [-0.2, 0) is 0 Å². The van der Waals surface area contributed by atoms with Crippen LogP contribution in [0.5, 0.6) is 0 Å². The molecule has 2 rings (SSSR count). The van der Waals surface area contributed by atoms with Crippen molar-refractivity contribution in [2.24, 2.45) is 5.73 Å². The Labute approximate surface area is 99.2 Å². The average molecular weight is 288 g/mol. The topological polar surface area (TPSA) is 39.2 Å². The zero-order chi connectivity index (χ0) is 11.7. The summed E-state index contributed by atoms with van der Waals surface area (Å²) in [6.07, 6.45) is 1.40. The van der Waals surface area contributed by atoms with E-state index in [4.69, 9.17) is 10.2 Å². The van der Waals surface area contributed by atoms with Gasteiger partial charge in [0.25, 0.3) is 0 Å². The second kappa shape index (κ2) is 4.35. The van der Waals surface area contributed by atoms with Gasteiger partial charge in [-0.3, -0.25) is 0 Å². The van der Waals surface area contributed by atoms with Crippen molar-refractivity contribution in [1.82, 2.24) is 0 Å². The average Bonchev–Trinajstić information content (AvgIpc) is 2.64. The van der Waals surface area contributed by atoms with Gasteiger partial charge >= 0.3 is 0 Å². The van der Waals surface area contributed by atoms with Gasteiger partial charge < -0.3 is 10.2 Å². The Bertz CT molecular complexity index is 492. The van der Waals surface area contributed by atoms with Gasteiger partial charge in [0, 0.05) is 5.56 Å². The lowest BCUT2D eigenvalue weighted by Crippen LogP contribution is -2.15. The van der Waals surface area contributed by atoms with E-state index < -0.39 is 17.7 Å². The number of rotatable bonds is 2. The monoisotopic (exact) mass is 287 g/mol. The van der Waals surface area contributed by atoms with Gasteiger partial charge in [0.15, 0.2) is 0 Å². The molecule has 0 bridgehead atoms. The Balaban J connectivity index is 2.49. The minimum absolute atomic E-state index is 0.196. The molecule has 16 heavy (non-hydrogen) atoms. The van der Waals surface area contributed by atoms with Crippen LogP contribution < -0.4 is 5.73 Å². The van der Waals surface area contributed by atoms with E-state index in [1.54, 1.807) is 6.07 Å². The molecule has 1 aromatic carbocycles. The van der Waals surface area contributed by atoms with E-state index in [9.17, 15) is 8.78 Å². The molecular formula is C11H8BrF2NO. The number of halogens is 3. The van der Waals surface area contributed by atoms with E-state index >= 15 is 0 Å². The fourth-order valence-electron chi connectivity index (χ4n) is 1.47. The van der Waals surface area contributed by atoms with Gasteiger partial charge in [0.1, 0.15) is 17.4 Å². The fraction of sp³-hybridized carbons (Fsp3) is 0.0909. The molecule has 84 valence electrons. The van der Waals surface area contributed by atoms with Crippen LogP contribution in [0.15, 0.2) is 39.4 Å². The maximum Gasteiger partial charge on any atom is 0.139 e. The second-order valence-corrected chi connectivity index (χ2v) is 4.10. The fourth-order valence-corrected chi connectivity index (χ4v) is 1.91. The lowest BCUT2D eigenvalue weighted by molar-refractivity contribution is 0.464. The lowest BCUT2D eigenvalue weighted by Gasteiger charge is -2.11. The Hall–Kier alpha value is -1.20. The molecule has 0 aliphatic carbocycles.